The first-order chi connectivity index (χ1) is 35.2. The number of nitrogens with zero attached hydrogens (tertiary/aromatic N) is 2. The zero-order chi connectivity index (χ0) is 46.9. The fourth-order valence-electron chi connectivity index (χ4n) is 11.9. The summed E-state index contributed by atoms with van der Waals surface area (Å²) in [6.45, 7) is 0. The molecule has 1 spiro atoms. The molecule has 2 aliphatic carbocycles. The van der Waals surface area contributed by atoms with Gasteiger partial charge in [0.05, 0.1) is 11.1 Å². The predicted molar refractivity (Wildman–Crippen MR) is 298 cm³/mol. The molecule has 0 radical (unpaired) electrons. The van der Waals surface area contributed by atoms with Gasteiger partial charge in [0.15, 0.2) is 0 Å². The minimum Gasteiger partial charge on any atom is -0.310 e. The second kappa shape index (κ2) is 16.5. The molecule has 12 aromatic carbocycles. The van der Waals surface area contributed by atoms with Crippen molar-refractivity contribution >= 4 is 55.7 Å². The van der Waals surface area contributed by atoms with E-state index in [1.807, 2.05) is 0 Å². The van der Waals surface area contributed by atoms with Crippen molar-refractivity contribution in [3.63, 3.8) is 0 Å². The highest BCUT2D eigenvalue weighted by molar-refractivity contribution is 6.02. The first-order valence-corrected chi connectivity index (χ1v) is 24.6. The Morgan fingerprint density at radius 3 is 1.24 bits per heavy atom. The van der Waals surface area contributed by atoms with Crippen molar-refractivity contribution in [2.45, 2.75) is 5.41 Å². The van der Waals surface area contributed by atoms with Crippen LogP contribution in [0.4, 0.5) is 34.1 Å². The molecule has 0 fully saturated rings. The topological polar surface area (TPSA) is 6.48 Å². The van der Waals surface area contributed by atoms with E-state index in [4.69, 9.17) is 0 Å². The van der Waals surface area contributed by atoms with Crippen molar-refractivity contribution in [3.05, 3.63) is 301 Å². The van der Waals surface area contributed by atoms with Gasteiger partial charge >= 0.3 is 0 Å². The summed E-state index contributed by atoms with van der Waals surface area (Å²) in [7, 11) is 0. The average molecular weight is 903 g/mol. The first-order valence-electron chi connectivity index (χ1n) is 24.6. The molecule has 0 saturated heterocycles. The van der Waals surface area contributed by atoms with E-state index >= 15 is 0 Å². The van der Waals surface area contributed by atoms with Gasteiger partial charge in [-0.1, -0.05) is 206 Å². The summed E-state index contributed by atoms with van der Waals surface area (Å²) in [6, 6.07) is 103. The van der Waals surface area contributed by atoms with Gasteiger partial charge < -0.3 is 9.80 Å². The SMILES string of the molecule is c1ccc(-c2ccc(N(c3ccccc3)c3ccc4c(c3)C3(c5ccccc5-4)c4ccccc4-c4ccc(N(c5ccc6ccccc6c5)c5cc6ccccc6cc5-c5ccccc5)cc43)cc2)cc1. The highest BCUT2D eigenvalue weighted by Gasteiger charge is 2.52. The largest absolute Gasteiger partial charge is 0.310 e. The summed E-state index contributed by atoms with van der Waals surface area (Å²) in [4.78, 5) is 4.92. The Kier molecular flexibility index (Phi) is 9.47. The average Bonchev–Trinajstić information content (AvgIpc) is 3.91. The molecule has 332 valence electrons. The van der Waals surface area contributed by atoms with Gasteiger partial charge in [-0.05, 0) is 156 Å². The van der Waals surface area contributed by atoms with Gasteiger partial charge in [0.1, 0.15) is 0 Å². The van der Waals surface area contributed by atoms with Crippen LogP contribution in [-0.4, -0.2) is 0 Å². The molecule has 1 atom stereocenters. The highest BCUT2D eigenvalue weighted by Crippen LogP contribution is 2.64. The number of hydrogen-bond donors (Lipinski definition) is 0. The molecule has 2 heteroatoms. The van der Waals surface area contributed by atoms with E-state index in [1.165, 1.54) is 88.3 Å². The van der Waals surface area contributed by atoms with Gasteiger partial charge in [0, 0.05) is 34.0 Å². The zero-order valence-corrected chi connectivity index (χ0v) is 39.0. The number of anilines is 6. The van der Waals surface area contributed by atoms with E-state index < -0.39 is 5.41 Å². The lowest BCUT2D eigenvalue weighted by Crippen LogP contribution is -2.26. The maximum Gasteiger partial charge on any atom is 0.0727 e. The van der Waals surface area contributed by atoms with Crippen LogP contribution in [0.5, 0.6) is 0 Å². The van der Waals surface area contributed by atoms with Gasteiger partial charge in [0.2, 0.25) is 0 Å². The van der Waals surface area contributed by atoms with Gasteiger partial charge in [-0.3, -0.25) is 0 Å². The third-order valence-corrected chi connectivity index (χ3v) is 15.0. The van der Waals surface area contributed by atoms with Gasteiger partial charge in [0.25, 0.3) is 0 Å². The van der Waals surface area contributed by atoms with Crippen LogP contribution in [0.15, 0.2) is 279 Å². The number of rotatable bonds is 8. The van der Waals surface area contributed by atoms with Crippen LogP contribution in [-0.2, 0) is 5.41 Å². The summed E-state index contributed by atoms with van der Waals surface area (Å²) in [5, 5.41) is 4.82. The van der Waals surface area contributed by atoms with E-state index in [0.717, 1.165) is 34.1 Å². The van der Waals surface area contributed by atoms with Crippen LogP contribution in [0.25, 0.3) is 66.1 Å². The molecule has 0 aliphatic heterocycles. The van der Waals surface area contributed by atoms with Gasteiger partial charge in [-0.15, -0.1) is 0 Å². The Morgan fingerprint density at radius 1 is 0.211 bits per heavy atom. The number of hydrogen-bond acceptors (Lipinski definition) is 2. The normalized spacial score (nSPS) is 14.0. The molecule has 0 aromatic heterocycles. The molecule has 1 unspecified atom stereocenters. The lowest BCUT2D eigenvalue weighted by atomic mass is 9.70. The van der Waals surface area contributed by atoms with E-state index in [0.29, 0.717) is 0 Å². The third-order valence-electron chi connectivity index (χ3n) is 15.0. The van der Waals surface area contributed by atoms with Crippen LogP contribution in [0, 0.1) is 0 Å². The molecule has 2 nitrogen and oxygen atoms in total. The maximum absolute atomic E-state index is 2.52. The second-order valence-corrected chi connectivity index (χ2v) is 18.8. The smallest absolute Gasteiger partial charge is 0.0727 e. The maximum atomic E-state index is 2.52. The monoisotopic (exact) mass is 902 g/mol. The zero-order valence-electron chi connectivity index (χ0n) is 39.0. The molecular formula is C69H46N2. The number of fused-ring (bicyclic) bond motifs is 12. The Morgan fingerprint density at radius 2 is 0.620 bits per heavy atom. The summed E-state index contributed by atoms with van der Waals surface area (Å²) in [6.07, 6.45) is 0. The summed E-state index contributed by atoms with van der Waals surface area (Å²) < 4.78 is 0. The summed E-state index contributed by atoms with van der Waals surface area (Å²) >= 11 is 0. The minimum atomic E-state index is -0.607. The van der Waals surface area contributed by atoms with Crippen molar-refractivity contribution in [1.29, 1.82) is 0 Å². The van der Waals surface area contributed by atoms with E-state index in [9.17, 15) is 0 Å². The molecular weight excluding hydrogens is 857 g/mol. The molecule has 0 bridgehead atoms. The third kappa shape index (κ3) is 6.49. The van der Waals surface area contributed by atoms with Gasteiger partial charge in [-0.25, -0.2) is 0 Å². The predicted octanol–water partition coefficient (Wildman–Crippen LogP) is 18.6. The Labute approximate surface area is 414 Å². The lowest BCUT2D eigenvalue weighted by molar-refractivity contribution is 0.793. The van der Waals surface area contributed by atoms with E-state index in [-0.39, 0.29) is 0 Å². The van der Waals surface area contributed by atoms with E-state index in [1.54, 1.807) is 0 Å². The number of para-hydroxylation sites is 1. The van der Waals surface area contributed by atoms with Crippen LogP contribution in [0.2, 0.25) is 0 Å². The van der Waals surface area contributed by atoms with Crippen LogP contribution >= 0.6 is 0 Å². The quantitative estimate of drug-likeness (QED) is 0.150. The molecule has 14 rings (SSSR count). The Balaban J connectivity index is 1.02. The van der Waals surface area contributed by atoms with Crippen LogP contribution in [0.1, 0.15) is 22.3 Å². The molecule has 12 aromatic rings. The molecule has 2 aliphatic rings. The molecule has 0 saturated carbocycles. The molecule has 0 amide bonds. The van der Waals surface area contributed by atoms with Crippen molar-refractivity contribution < 1.29 is 0 Å². The second-order valence-electron chi connectivity index (χ2n) is 18.8. The van der Waals surface area contributed by atoms with Crippen molar-refractivity contribution in [3.8, 4) is 44.5 Å². The molecule has 71 heavy (non-hydrogen) atoms. The Bertz CT molecular complexity index is 3980. The first kappa shape index (κ1) is 40.8. The van der Waals surface area contributed by atoms with Crippen molar-refractivity contribution in [1.82, 2.24) is 0 Å². The van der Waals surface area contributed by atoms with Crippen LogP contribution in [0.3, 0.4) is 0 Å². The lowest BCUT2D eigenvalue weighted by Gasteiger charge is -2.34. The standard InChI is InChI=1S/C69H46N2/c1-4-18-47(19-5-1)49-32-35-55(36-33-49)70(54-26-8-3-9-27-54)57-38-40-61-59-28-14-16-30-64(59)69(66(61)45-57)65-31-17-15-29-60(65)62-41-39-58(46-67(62)69)71(56-37-34-48-20-10-11-23-51(48)42-56)68-44-53-25-13-12-24-52(53)43-63(68)50-21-6-2-7-22-50/h1-46H. The fourth-order valence-corrected chi connectivity index (χ4v) is 11.9. The van der Waals surface area contributed by atoms with Gasteiger partial charge in [-0.2, -0.15) is 0 Å². The molecule has 0 N–H and O–H groups in total. The van der Waals surface area contributed by atoms with E-state index in [2.05, 4.69) is 289 Å². The Hall–Kier alpha value is -9.24. The fraction of sp³-hybridized carbons (Fsp3) is 0.0145. The minimum absolute atomic E-state index is 0.607. The van der Waals surface area contributed by atoms with Crippen molar-refractivity contribution in [2.75, 3.05) is 9.80 Å². The van der Waals surface area contributed by atoms with Crippen LogP contribution < -0.4 is 9.80 Å². The van der Waals surface area contributed by atoms with Crippen molar-refractivity contribution in [2.24, 2.45) is 0 Å². The number of benzene rings is 12. The summed E-state index contributed by atoms with van der Waals surface area (Å²) in [5.41, 5.74) is 21.0. The molecule has 0 heterocycles. The summed E-state index contributed by atoms with van der Waals surface area (Å²) in [5.74, 6) is 0. The highest BCUT2D eigenvalue weighted by atomic mass is 15.1.